The van der Waals surface area contributed by atoms with Crippen molar-refractivity contribution in [2.75, 3.05) is 13.2 Å². The third-order valence-electron chi connectivity index (χ3n) is 2.51. The van der Waals surface area contributed by atoms with Gasteiger partial charge in [0, 0.05) is 10.3 Å². The van der Waals surface area contributed by atoms with Gasteiger partial charge >= 0.3 is 0 Å². The molecule has 2 aromatic heterocycles. The number of fused-ring (bicyclic) bond motifs is 1. The van der Waals surface area contributed by atoms with Gasteiger partial charge in [0.15, 0.2) is 11.5 Å². The fourth-order valence-electron chi connectivity index (χ4n) is 1.70. The first-order valence-corrected chi connectivity index (χ1v) is 7.17. The Morgan fingerprint density at radius 2 is 2.22 bits per heavy atom. The van der Waals surface area contributed by atoms with Crippen LogP contribution in [0.5, 0.6) is 11.5 Å². The zero-order valence-corrected chi connectivity index (χ0v) is 11.0. The largest absolute Gasteiger partial charge is 0.485 e. The molecule has 3 rings (SSSR count). The third kappa shape index (κ3) is 2.01. The van der Waals surface area contributed by atoms with Crippen LogP contribution in [0, 0.1) is 11.3 Å². The van der Waals surface area contributed by atoms with Crippen LogP contribution in [0.3, 0.4) is 0 Å². The van der Waals surface area contributed by atoms with Crippen molar-refractivity contribution in [1.29, 1.82) is 5.26 Å². The maximum absolute atomic E-state index is 9.22. The van der Waals surface area contributed by atoms with Crippen molar-refractivity contribution in [3.63, 3.8) is 0 Å². The average Bonchev–Trinajstić information content (AvgIpc) is 3.06. The van der Waals surface area contributed by atoms with Gasteiger partial charge in [0.05, 0.1) is 10.5 Å². The van der Waals surface area contributed by atoms with Gasteiger partial charge in [-0.3, -0.25) is 0 Å². The fourth-order valence-corrected chi connectivity index (χ4v) is 3.26. The summed E-state index contributed by atoms with van der Waals surface area (Å²) in [7, 11) is 0. The summed E-state index contributed by atoms with van der Waals surface area (Å²) < 4.78 is 11.1. The number of nitrogens with zero attached hydrogens (tertiary/aromatic N) is 1. The van der Waals surface area contributed by atoms with E-state index < -0.39 is 0 Å². The molecule has 0 amide bonds. The maximum atomic E-state index is 9.22. The minimum atomic E-state index is 0.561. The van der Waals surface area contributed by atoms with Gasteiger partial charge in [0.2, 0.25) is 0 Å². The molecule has 3 heterocycles. The van der Waals surface area contributed by atoms with E-state index in [1.165, 1.54) is 11.3 Å². The number of hydrogen-bond acceptors (Lipinski definition) is 5. The Kier molecular flexibility index (Phi) is 3.05. The number of rotatable bonds is 2. The molecule has 5 heteroatoms. The van der Waals surface area contributed by atoms with Gasteiger partial charge in [-0.15, -0.1) is 22.7 Å². The van der Waals surface area contributed by atoms with Gasteiger partial charge in [-0.05, 0) is 17.5 Å². The second-order valence-corrected chi connectivity index (χ2v) is 5.50. The van der Waals surface area contributed by atoms with E-state index in [4.69, 9.17) is 9.47 Å². The molecular weight excluding hydrogens is 266 g/mol. The Bertz CT molecular complexity index is 620. The zero-order chi connectivity index (χ0) is 12.4. The summed E-state index contributed by atoms with van der Waals surface area (Å²) in [5.74, 6) is 1.54. The highest BCUT2D eigenvalue weighted by Crippen LogP contribution is 2.41. The molecule has 0 aromatic carbocycles. The van der Waals surface area contributed by atoms with Crippen LogP contribution in [-0.4, -0.2) is 13.2 Å². The normalized spacial score (nSPS) is 14.3. The van der Waals surface area contributed by atoms with E-state index in [1.54, 1.807) is 11.3 Å². The first-order valence-electron chi connectivity index (χ1n) is 5.41. The molecule has 0 fully saturated rings. The smallest absolute Gasteiger partial charge is 0.179 e. The van der Waals surface area contributed by atoms with E-state index in [2.05, 4.69) is 6.07 Å². The van der Waals surface area contributed by atoms with Crippen molar-refractivity contribution < 1.29 is 9.47 Å². The van der Waals surface area contributed by atoms with Gasteiger partial charge in [-0.2, -0.15) is 5.26 Å². The molecule has 0 radical (unpaired) electrons. The second-order valence-electron chi connectivity index (χ2n) is 3.64. The van der Waals surface area contributed by atoms with E-state index in [9.17, 15) is 5.26 Å². The van der Waals surface area contributed by atoms with Crippen molar-refractivity contribution in [1.82, 2.24) is 0 Å². The van der Waals surface area contributed by atoms with Crippen LogP contribution < -0.4 is 9.47 Å². The number of allylic oxidation sites excluding steroid dienone is 1. The molecule has 0 atom stereocenters. The Labute approximate surface area is 113 Å². The van der Waals surface area contributed by atoms with Gasteiger partial charge in [0.25, 0.3) is 0 Å². The molecule has 0 aliphatic carbocycles. The lowest BCUT2D eigenvalue weighted by atomic mass is 10.2. The summed E-state index contributed by atoms with van der Waals surface area (Å²) in [6.45, 7) is 1.15. The molecule has 1 aliphatic rings. The summed E-state index contributed by atoms with van der Waals surface area (Å²) in [5.41, 5.74) is 0.656. The molecule has 90 valence electrons. The SMILES string of the molecule is N#CC(=Cc1scc2c1OCCO2)c1cccs1. The van der Waals surface area contributed by atoms with E-state index in [1.807, 2.05) is 29.0 Å². The van der Waals surface area contributed by atoms with Crippen LogP contribution in [0.2, 0.25) is 0 Å². The first kappa shape index (κ1) is 11.3. The fraction of sp³-hybridized carbons (Fsp3) is 0.154. The van der Waals surface area contributed by atoms with E-state index in [0.717, 1.165) is 21.3 Å². The first-order chi connectivity index (χ1) is 8.88. The van der Waals surface area contributed by atoms with Crippen LogP contribution in [0.25, 0.3) is 11.6 Å². The highest BCUT2D eigenvalue weighted by Gasteiger charge is 2.18. The average molecular weight is 275 g/mol. The van der Waals surface area contributed by atoms with Crippen molar-refractivity contribution >= 4 is 34.3 Å². The van der Waals surface area contributed by atoms with E-state index in [0.29, 0.717) is 18.8 Å². The maximum Gasteiger partial charge on any atom is 0.179 e. The molecule has 18 heavy (non-hydrogen) atoms. The zero-order valence-electron chi connectivity index (χ0n) is 9.38. The van der Waals surface area contributed by atoms with E-state index >= 15 is 0 Å². The summed E-state index contributed by atoms with van der Waals surface area (Å²) in [5, 5.41) is 13.1. The monoisotopic (exact) mass is 275 g/mol. The molecule has 3 nitrogen and oxygen atoms in total. The Morgan fingerprint density at radius 1 is 1.33 bits per heavy atom. The molecule has 1 aliphatic heterocycles. The van der Waals surface area contributed by atoms with Crippen LogP contribution >= 0.6 is 22.7 Å². The third-order valence-corrected chi connectivity index (χ3v) is 4.30. The number of ether oxygens (including phenoxy) is 2. The van der Waals surface area contributed by atoms with Gasteiger partial charge in [-0.25, -0.2) is 0 Å². The Morgan fingerprint density at radius 3 is 3.00 bits per heavy atom. The molecule has 0 spiro atoms. The lowest BCUT2D eigenvalue weighted by Gasteiger charge is -2.15. The molecule has 0 N–H and O–H groups in total. The molecular formula is C13H9NO2S2. The van der Waals surface area contributed by atoms with Gasteiger partial charge < -0.3 is 9.47 Å². The molecule has 0 unspecified atom stereocenters. The highest BCUT2D eigenvalue weighted by atomic mass is 32.1. The van der Waals surface area contributed by atoms with Crippen LogP contribution in [0.4, 0.5) is 0 Å². The lowest BCUT2D eigenvalue weighted by Crippen LogP contribution is -2.14. The van der Waals surface area contributed by atoms with Crippen LogP contribution in [-0.2, 0) is 0 Å². The summed E-state index contributed by atoms with van der Waals surface area (Å²) in [6.07, 6.45) is 1.87. The minimum Gasteiger partial charge on any atom is -0.485 e. The Hall–Kier alpha value is -1.77. The second kappa shape index (κ2) is 4.84. The molecule has 2 aromatic rings. The number of hydrogen-bond donors (Lipinski definition) is 0. The van der Waals surface area contributed by atoms with Crippen LogP contribution in [0.1, 0.15) is 9.75 Å². The van der Waals surface area contributed by atoms with Crippen molar-refractivity contribution in [2.24, 2.45) is 0 Å². The topological polar surface area (TPSA) is 42.2 Å². The van der Waals surface area contributed by atoms with Crippen LogP contribution in [0.15, 0.2) is 22.9 Å². The minimum absolute atomic E-state index is 0.561. The molecule has 0 saturated heterocycles. The quantitative estimate of drug-likeness (QED) is 0.786. The number of thiophene rings is 2. The molecule has 0 saturated carbocycles. The molecule has 0 bridgehead atoms. The number of nitriles is 1. The lowest BCUT2D eigenvalue weighted by molar-refractivity contribution is 0.173. The van der Waals surface area contributed by atoms with Crippen molar-refractivity contribution in [3.8, 4) is 17.6 Å². The predicted octanol–water partition coefficient (Wildman–Crippen LogP) is 3.64. The highest BCUT2D eigenvalue weighted by molar-refractivity contribution is 7.12. The summed E-state index contributed by atoms with van der Waals surface area (Å²) in [4.78, 5) is 1.91. The van der Waals surface area contributed by atoms with Crippen molar-refractivity contribution in [3.05, 3.63) is 32.6 Å². The standard InChI is InChI=1S/C13H9NO2S2/c14-7-9(11-2-1-5-17-11)6-12-13-10(8-18-12)15-3-4-16-13/h1-2,5-6,8H,3-4H2. The predicted molar refractivity (Wildman–Crippen MR) is 73.1 cm³/mol. The summed E-state index contributed by atoms with van der Waals surface area (Å²) >= 11 is 3.09. The van der Waals surface area contributed by atoms with E-state index in [-0.39, 0.29) is 0 Å². The summed E-state index contributed by atoms with van der Waals surface area (Å²) in [6, 6.07) is 6.11. The van der Waals surface area contributed by atoms with Crippen molar-refractivity contribution in [2.45, 2.75) is 0 Å². The Balaban J connectivity index is 2.01. The van der Waals surface area contributed by atoms with Gasteiger partial charge in [0.1, 0.15) is 19.3 Å². The van der Waals surface area contributed by atoms with Gasteiger partial charge in [-0.1, -0.05) is 6.07 Å².